The molecule has 1 amide bonds. The Balaban J connectivity index is 1.78. The van der Waals surface area contributed by atoms with Crippen molar-refractivity contribution >= 4 is 34.5 Å². The van der Waals surface area contributed by atoms with Gasteiger partial charge in [0.05, 0.1) is 22.2 Å². The number of esters is 1. The number of nitrogens with zero attached hydrogens (tertiary/aromatic N) is 2. The summed E-state index contributed by atoms with van der Waals surface area (Å²) in [6.45, 7) is 1.65. The minimum absolute atomic E-state index is 0.0514. The summed E-state index contributed by atoms with van der Waals surface area (Å²) in [5, 5.41) is 0.474. The number of thioether (sulfide) groups is 1. The van der Waals surface area contributed by atoms with Crippen LogP contribution in [0, 0.1) is 0 Å². The summed E-state index contributed by atoms with van der Waals surface area (Å²) >= 11 is 1.27. The summed E-state index contributed by atoms with van der Waals surface area (Å²) in [5.41, 5.74) is 0.609. The Labute approximate surface area is 172 Å². The quantitative estimate of drug-likeness (QED) is 0.495. The minimum Gasteiger partial charge on any atom is -0.451 e. The zero-order chi connectivity index (χ0) is 21.0. The molecule has 0 bridgehead atoms. The molecule has 0 saturated heterocycles. The highest BCUT2D eigenvalue weighted by atomic mass is 32.2. The molecule has 2 aromatic carbocycles. The predicted octanol–water partition coefficient (Wildman–Crippen LogP) is 3.02. The summed E-state index contributed by atoms with van der Waals surface area (Å²) in [6.07, 6.45) is -0.749. The standard InChI is InChI=1S/C21H21N3O4S/c1-13(19-22-16-10-6-4-8-14(16)20(26)23-19)28-21(27)15-9-5-7-11-17(15)29-12-18(25)24(2)3/h4-11,13H,12H2,1-3H3,(H,22,23,26)/t13-/m1/s1. The van der Waals surface area contributed by atoms with Crippen LogP contribution in [-0.2, 0) is 9.53 Å². The number of para-hydroxylation sites is 1. The molecule has 0 radical (unpaired) electrons. The number of carbonyl (C=O) groups excluding carboxylic acids is 2. The maximum atomic E-state index is 12.7. The first kappa shape index (κ1) is 20.6. The van der Waals surface area contributed by atoms with Gasteiger partial charge < -0.3 is 14.6 Å². The summed E-state index contributed by atoms with van der Waals surface area (Å²) in [6, 6.07) is 13.9. The Morgan fingerprint density at radius 1 is 1.14 bits per heavy atom. The summed E-state index contributed by atoms with van der Waals surface area (Å²) in [7, 11) is 3.37. The largest absolute Gasteiger partial charge is 0.451 e. The molecule has 150 valence electrons. The van der Waals surface area contributed by atoms with E-state index in [0.717, 1.165) is 0 Å². The van der Waals surface area contributed by atoms with E-state index in [2.05, 4.69) is 9.97 Å². The maximum Gasteiger partial charge on any atom is 0.339 e. The Hall–Kier alpha value is -3.13. The molecule has 0 unspecified atom stereocenters. The average molecular weight is 411 g/mol. The lowest BCUT2D eigenvalue weighted by atomic mass is 10.2. The third-order valence-corrected chi connectivity index (χ3v) is 5.32. The van der Waals surface area contributed by atoms with E-state index in [4.69, 9.17) is 4.74 Å². The van der Waals surface area contributed by atoms with Crippen LogP contribution in [0.3, 0.4) is 0 Å². The number of rotatable bonds is 6. The van der Waals surface area contributed by atoms with E-state index in [1.807, 2.05) is 0 Å². The molecular formula is C21H21N3O4S. The van der Waals surface area contributed by atoms with E-state index in [0.29, 0.717) is 21.4 Å². The van der Waals surface area contributed by atoms with Crippen LogP contribution >= 0.6 is 11.8 Å². The first-order valence-electron chi connectivity index (χ1n) is 8.98. The van der Waals surface area contributed by atoms with E-state index >= 15 is 0 Å². The molecule has 3 rings (SSSR count). The molecule has 29 heavy (non-hydrogen) atoms. The van der Waals surface area contributed by atoms with Gasteiger partial charge in [-0.3, -0.25) is 9.59 Å². The minimum atomic E-state index is -0.749. The number of aromatic nitrogens is 2. The average Bonchev–Trinajstić information content (AvgIpc) is 2.72. The molecule has 0 aliphatic rings. The highest BCUT2D eigenvalue weighted by molar-refractivity contribution is 8.00. The fourth-order valence-corrected chi connectivity index (χ4v) is 3.63. The normalized spacial score (nSPS) is 11.8. The number of hydrogen-bond acceptors (Lipinski definition) is 6. The van der Waals surface area contributed by atoms with Gasteiger partial charge in [0.25, 0.3) is 5.56 Å². The van der Waals surface area contributed by atoms with Crippen LogP contribution in [-0.4, -0.2) is 46.6 Å². The number of ether oxygens (including phenoxy) is 1. The van der Waals surface area contributed by atoms with Crippen LogP contribution in [0.5, 0.6) is 0 Å². The lowest BCUT2D eigenvalue weighted by Crippen LogP contribution is -2.23. The fraction of sp³-hybridized carbons (Fsp3) is 0.238. The molecule has 3 aromatic rings. The molecule has 1 N–H and O–H groups in total. The fourth-order valence-electron chi connectivity index (χ4n) is 2.61. The number of fused-ring (bicyclic) bond motifs is 1. The molecule has 0 aliphatic heterocycles. The van der Waals surface area contributed by atoms with Crippen molar-refractivity contribution in [2.24, 2.45) is 0 Å². The first-order chi connectivity index (χ1) is 13.9. The van der Waals surface area contributed by atoms with Gasteiger partial charge in [0.2, 0.25) is 5.91 Å². The number of amides is 1. The van der Waals surface area contributed by atoms with Crippen molar-refractivity contribution in [2.45, 2.75) is 17.9 Å². The van der Waals surface area contributed by atoms with Gasteiger partial charge in [-0.15, -0.1) is 11.8 Å². The maximum absolute atomic E-state index is 12.7. The molecule has 1 atom stereocenters. The van der Waals surface area contributed by atoms with E-state index < -0.39 is 12.1 Å². The second-order valence-corrected chi connectivity index (χ2v) is 7.61. The molecule has 8 heteroatoms. The van der Waals surface area contributed by atoms with Gasteiger partial charge in [-0.1, -0.05) is 24.3 Å². The third-order valence-electron chi connectivity index (χ3n) is 4.26. The molecule has 1 heterocycles. The highest BCUT2D eigenvalue weighted by Crippen LogP contribution is 2.25. The van der Waals surface area contributed by atoms with Crippen LogP contribution < -0.4 is 5.56 Å². The van der Waals surface area contributed by atoms with E-state index in [9.17, 15) is 14.4 Å². The number of carbonyl (C=O) groups is 2. The van der Waals surface area contributed by atoms with Gasteiger partial charge in [-0.2, -0.15) is 0 Å². The van der Waals surface area contributed by atoms with Gasteiger partial charge in [-0.25, -0.2) is 9.78 Å². The second-order valence-electron chi connectivity index (χ2n) is 6.59. The number of benzene rings is 2. The van der Waals surface area contributed by atoms with Crippen molar-refractivity contribution in [3.63, 3.8) is 0 Å². The SMILES string of the molecule is C[C@@H](OC(=O)c1ccccc1SCC(=O)N(C)C)c1nc2ccccc2c(=O)[nH]1. The van der Waals surface area contributed by atoms with Gasteiger partial charge in [0.1, 0.15) is 0 Å². The van der Waals surface area contributed by atoms with Crippen LogP contribution in [0.25, 0.3) is 10.9 Å². The van der Waals surface area contributed by atoms with Crippen LogP contribution in [0.15, 0.2) is 58.2 Å². The summed E-state index contributed by atoms with van der Waals surface area (Å²) in [4.78, 5) is 46.0. The summed E-state index contributed by atoms with van der Waals surface area (Å²) in [5.74, 6) is -0.111. The Morgan fingerprint density at radius 3 is 2.59 bits per heavy atom. The Morgan fingerprint density at radius 2 is 1.83 bits per heavy atom. The second kappa shape index (κ2) is 8.91. The lowest BCUT2D eigenvalue weighted by molar-refractivity contribution is -0.125. The molecule has 0 saturated carbocycles. The molecule has 0 aliphatic carbocycles. The van der Waals surface area contributed by atoms with Crippen LogP contribution in [0.1, 0.15) is 29.2 Å². The van der Waals surface area contributed by atoms with Gasteiger partial charge >= 0.3 is 5.97 Å². The molecular weight excluding hydrogens is 390 g/mol. The first-order valence-corrected chi connectivity index (χ1v) is 9.97. The molecule has 0 fully saturated rings. The smallest absolute Gasteiger partial charge is 0.339 e. The molecule has 1 aromatic heterocycles. The van der Waals surface area contributed by atoms with Crippen LogP contribution in [0.4, 0.5) is 0 Å². The monoisotopic (exact) mass is 411 g/mol. The Kier molecular flexibility index (Phi) is 6.33. The van der Waals surface area contributed by atoms with Crippen molar-refractivity contribution in [1.29, 1.82) is 0 Å². The predicted molar refractivity (Wildman–Crippen MR) is 112 cm³/mol. The van der Waals surface area contributed by atoms with E-state index in [1.54, 1.807) is 69.6 Å². The van der Waals surface area contributed by atoms with Crippen molar-refractivity contribution < 1.29 is 14.3 Å². The van der Waals surface area contributed by atoms with Crippen molar-refractivity contribution in [2.75, 3.05) is 19.8 Å². The lowest BCUT2D eigenvalue weighted by Gasteiger charge is -2.15. The van der Waals surface area contributed by atoms with Crippen molar-refractivity contribution in [3.05, 3.63) is 70.3 Å². The Bertz CT molecular complexity index is 1110. The summed E-state index contributed by atoms with van der Waals surface area (Å²) < 4.78 is 5.54. The van der Waals surface area contributed by atoms with Crippen molar-refractivity contribution in [3.8, 4) is 0 Å². The highest BCUT2D eigenvalue weighted by Gasteiger charge is 2.20. The van der Waals surface area contributed by atoms with Crippen LogP contribution in [0.2, 0.25) is 0 Å². The van der Waals surface area contributed by atoms with E-state index in [-0.39, 0.29) is 23.0 Å². The number of aromatic amines is 1. The third kappa shape index (κ3) is 4.83. The molecule has 7 nitrogen and oxygen atoms in total. The van der Waals surface area contributed by atoms with Gasteiger partial charge in [0, 0.05) is 19.0 Å². The van der Waals surface area contributed by atoms with Gasteiger partial charge in [-0.05, 0) is 31.2 Å². The zero-order valence-corrected chi connectivity index (χ0v) is 17.2. The van der Waals surface area contributed by atoms with Gasteiger partial charge in [0.15, 0.2) is 11.9 Å². The van der Waals surface area contributed by atoms with Crippen molar-refractivity contribution in [1.82, 2.24) is 14.9 Å². The zero-order valence-electron chi connectivity index (χ0n) is 16.3. The van der Waals surface area contributed by atoms with E-state index in [1.165, 1.54) is 16.7 Å². The topological polar surface area (TPSA) is 92.4 Å². The number of H-pyrrole nitrogens is 1. The number of nitrogens with one attached hydrogen (secondary N) is 1. The number of hydrogen-bond donors (Lipinski definition) is 1. The molecule has 0 spiro atoms.